The normalized spacial score (nSPS) is 11.2. The Kier molecular flexibility index (Phi) is 3.61. The molecule has 26 heavy (non-hydrogen) atoms. The lowest BCUT2D eigenvalue weighted by Gasteiger charge is -2.02. The third-order valence-electron chi connectivity index (χ3n) is 4.55. The van der Waals surface area contributed by atoms with E-state index >= 15 is 0 Å². The largest absolute Gasteiger partial charge is 0.478 e. The van der Waals surface area contributed by atoms with Gasteiger partial charge < -0.3 is 14.0 Å². The molecule has 0 amide bonds. The number of fused-ring (bicyclic) bond motifs is 1. The van der Waals surface area contributed by atoms with Crippen molar-refractivity contribution in [2.45, 2.75) is 20.8 Å². The van der Waals surface area contributed by atoms with Gasteiger partial charge in [-0.15, -0.1) is 0 Å². The molecule has 0 saturated carbocycles. The number of hydrogen-bond donors (Lipinski definition) is 1. The summed E-state index contributed by atoms with van der Waals surface area (Å²) in [5.74, 6) is 0.198. The Labute approximate surface area is 149 Å². The lowest BCUT2D eigenvalue weighted by molar-refractivity contribution is 0.0697. The summed E-state index contributed by atoms with van der Waals surface area (Å²) in [5.41, 5.74) is 5.10. The molecule has 1 N–H and O–H groups in total. The van der Waals surface area contributed by atoms with E-state index in [4.69, 9.17) is 14.0 Å². The first-order valence-corrected chi connectivity index (χ1v) is 8.12. The maximum Gasteiger partial charge on any atom is 0.335 e. The van der Waals surface area contributed by atoms with Crippen LogP contribution in [0, 0.1) is 20.8 Å². The Bertz CT molecular complexity index is 1140. The van der Waals surface area contributed by atoms with Crippen LogP contribution in [0.2, 0.25) is 0 Å². The van der Waals surface area contributed by atoms with Crippen molar-refractivity contribution in [3.63, 3.8) is 0 Å². The van der Waals surface area contributed by atoms with Crippen LogP contribution in [0.15, 0.2) is 45.3 Å². The molecule has 4 rings (SSSR count). The van der Waals surface area contributed by atoms with Gasteiger partial charge in [0.2, 0.25) is 5.82 Å². The van der Waals surface area contributed by atoms with Gasteiger partial charge in [-0.2, -0.15) is 4.98 Å². The van der Waals surface area contributed by atoms with Crippen LogP contribution in [0.1, 0.15) is 27.0 Å². The Balaban J connectivity index is 1.74. The molecule has 0 spiro atoms. The van der Waals surface area contributed by atoms with Crippen LogP contribution in [0.25, 0.3) is 34.0 Å². The van der Waals surface area contributed by atoms with Crippen molar-refractivity contribution in [3.05, 3.63) is 58.7 Å². The van der Waals surface area contributed by atoms with Gasteiger partial charge in [0, 0.05) is 10.9 Å². The SMILES string of the molecule is Cc1cc(C)c2oc(-c3nc(-c4ccc(C(=O)O)cc4)no3)cc2c1C. The molecule has 0 aliphatic carbocycles. The number of nitrogens with zero attached hydrogens (tertiary/aromatic N) is 2. The van der Waals surface area contributed by atoms with E-state index in [9.17, 15) is 4.79 Å². The van der Waals surface area contributed by atoms with E-state index in [1.807, 2.05) is 13.0 Å². The van der Waals surface area contributed by atoms with Gasteiger partial charge in [0.15, 0.2) is 5.76 Å². The predicted molar refractivity (Wildman–Crippen MR) is 96.1 cm³/mol. The smallest absolute Gasteiger partial charge is 0.335 e. The first-order chi connectivity index (χ1) is 12.4. The molecule has 0 atom stereocenters. The molecule has 0 saturated heterocycles. The number of carboxylic acid groups (broad SMARTS) is 1. The van der Waals surface area contributed by atoms with Gasteiger partial charge in [-0.25, -0.2) is 4.79 Å². The van der Waals surface area contributed by atoms with Crippen molar-refractivity contribution < 1.29 is 18.8 Å². The molecule has 2 aromatic carbocycles. The number of aromatic carboxylic acids is 1. The Hall–Kier alpha value is -3.41. The van der Waals surface area contributed by atoms with E-state index in [0.717, 1.165) is 22.1 Å². The molecule has 6 nitrogen and oxygen atoms in total. The predicted octanol–water partition coefficient (Wildman–Crippen LogP) is 4.77. The molecule has 0 radical (unpaired) electrons. The van der Waals surface area contributed by atoms with Crippen molar-refractivity contribution in [1.29, 1.82) is 0 Å². The van der Waals surface area contributed by atoms with E-state index in [1.54, 1.807) is 12.1 Å². The Morgan fingerprint density at radius 3 is 2.46 bits per heavy atom. The summed E-state index contributed by atoms with van der Waals surface area (Å²) < 4.78 is 11.3. The number of aromatic nitrogens is 2. The lowest BCUT2D eigenvalue weighted by Crippen LogP contribution is -1.95. The monoisotopic (exact) mass is 348 g/mol. The van der Waals surface area contributed by atoms with E-state index < -0.39 is 5.97 Å². The van der Waals surface area contributed by atoms with E-state index in [2.05, 4.69) is 30.1 Å². The van der Waals surface area contributed by atoms with Gasteiger partial charge in [0.05, 0.1) is 5.56 Å². The van der Waals surface area contributed by atoms with Gasteiger partial charge >= 0.3 is 5.97 Å². The molecule has 2 aromatic heterocycles. The molecule has 0 aliphatic heterocycles. The maximum absolute atomic E-state index is 10.9. The van der Waals surface area contributed by atoms with Crippen molar-refractivity contribution in [1.82, 2.24) is 10.1 Å². The second-order valence-electron chi connectivity index (χ2n) is 6.29. The Morgan fingerprint density at radius 1 is 1.04 bits per heavy atom. The third-order valence-corrected chi connectivity index (χ3v) is 4.55. The zero-order chi connectivity index (χ0) is 18.4. The number of carboxylic acids is 1. The van der Waals surface area contributed by atoms with Gasteiger partial charge in [-0.05, 0) is 55.7 Å². The summed E-state index contributed by atoms with van der Waals surface area (Å²) in [6.07, 6.45) is 0. The van der Waals surface area contributed by atoms with Gasteiger partial charge in [0.1, 0.15) is 5.58 Å². The number of hydrogen-bond acceptors (Lipinski definition) is 5. The summed E-state index contributed by atoms with van der Waals surface area (Å²) in [7, 11) is 0. The number of rotatable bonds is 3. The molecule has 0 fully saturated rings. The van der Waals surface area contributed by atoms with Gasteiger partial charge in [-0.1, -0.05) is 23.4 Å². The maximum atomic E-state index is 10.9. The highest BCUT2D eigenvalue weighted by atomic mass is 16.5. The molecule has 0 bridgehead atoms. The molecule has 0 aliphatic rings. The van der Waals surface area contributed by atoms with Gasteiger partial charge in [-0.3, -0.25) is 0 Å². The summed E-state index contributed by atoms with van der Waals surface area (Å²) in [5, 5.41) is 14.0. The van der Waals surface area contributed by atoms with Crippen molar-refractivity contribution >= 4 is 16.9 Å². The van der Waals surface area contributed by atoms with E-state index in [-0.39, 0.29) is 11.5 Å². The Morgan fingerprint density at radius 2 is 1.77 bits per heavy atom. The van der Waals surface area contributed by atoms with Crippen LogP contribution >= 0.6 is 0 Å². The fraction of sp³-hybridized carbons (Fsp3) is 0.150. The minimum Gasteiger partial charge on any atom is -0.478 e. The summed E-state index contributed by atoms with van der Waals surface area (Å²) in [6.45, 7) is 6.13. The van der Waals surface area contributed by atoms with Crippen LogP contribution < -0.4 is 0 Å². The summed E-state index contributed by atoms with van der Waals surface area (Å²) in [4.78, 5) is 15.3. The fourth-order valence-corrected chi connectivity index (χ4v) is 2.98. The second kappa shape index (κ2) is 5.84. The average molecular weight is 348 g/mol. The van der Waals surface area contributed by atoms with Crippen LogP contribution in [-0.4, -0.2) is 21.2 Å². The average Bonchev–Trinajstić information content (AvgIpc) is 3.27. The number of benzene rings is 2. The molecule has 130 valence electrons. The van der Waals surface area contributed by atoms with Crippen molar-refractivity contribution in [3.8, 4) is 23.0 Å². The quantitative estimate of drug-likeness (QED) is 0.573. The topological polar surface area (TPSA) is 89.4 Å². The molecule has 0 unspecified atom stereocenters. The highest BCUT2D eigenvalue weighted by molar-refractivity contribution is 5.89. The molecule has 6 heteroatoms. The molecule has 2 heterocycles. The van der Waals surface area contributed by atoms with Crippen LogP contribution in [-0.2, 0) is 0 Å². The summed E-state index contributed by atoms with van der Waals surface area (Å²) in [6, 6.07) is 10.3. The summed E-state index contributed by atoms with van der Waals surface area (Å²) >= 11 is 0. The first-order valence-electron chi connectivity index (χ1n) is 8.12. The lowest BCUT2D eigenvalue weighted by atomic mass is 10.0. The van der Waals surface area contributed by atoms with Crippen molar-refractivity contribution in [2.24, 2.45) is 0 Å². The number of aryl methyl sites for hydroxylation is 3. The van der Waals surface area contributed by atoms with Crippen LogP contribution in [0.5, 0.6) is 0 Å². The molecular weight excluding hydrogens is 332 g/mol. The molecule has 4 aromatic rings. The van der Waals surface area contributed by atoms with E-state index in [1.165, 1.54) is 17.7 Å². The standard InChI is InChI=1S/C20H16N2O4/c1-10-8-11(2)17-15(12(10)3)9-16(25-17)19-21-18(22-26-19)13-4-6-14(7-5-13)20(23)24/h4-9H,1-3H3,(H,23,24). The zero-order valence-corrected chi connectivity index (χ0v) is 14.5. The minimum absolute atomic E-state index is 0.205. The third kappa shape index (κ3) is 2.56. The number of carbonyl (C=O) groups is 1. The van der Waals surface area contributed by atoms with Crippen molar-refractivity contribution in [2.75, 3.05) is 0 Å². The highest BCUT2D eigenvalue weighted by Crippen LogP contribution is 2.33. The first kappa shape index (κ1) is 16.1. The minimum atomic E-state index is -0.978. The number of furan rings is 1. The van der Waals surface area contributed by atoms with Crippen LogP contribution in [0.3, 0.4) is 0 Å². The zero-order valence-electron chi connectivity index (χ0n) is 14.5. The van der Waals surface area contributed by atoms with E-state index in [0.29, 0.717) is 17.1 Å². The fourth-order valence-electron chi connectivity index (χ4n) is 2.98. The van der Waals surface area contributed by atoms with Gasteiger partial charge in [0.25, 0.3) is 5.89 Å². The second-order valence-corrected chi connectivity index (χ2v) is 6.29. The molecular formula is C20H16N2O4. The highest BCUT2D eigenvalue weighted by Gasteiger charge is 2.17. The van der Waals surface area contributed by atoms with Crippen LogP contribution in [0.4, 0.5) is 0 Å².